The number of aliphatic hydroxyl groups is 1. The summed E-state index contributed by atoms with van der Waals surface area (Å²) >= 11 is 0. The summed E-state index contributed by atoms with van der Waals surface area (Å²) < 4.78 is 0. The van der Waals surface area contributed by atoms with Crippen molar-refractivity contribution in [1.82, 2.24) is 0 Å². The highest BCUT2D eigenvalue weighted by Crippen LogP contribution is 2.26. The van der Waals surface area contributed by atoms with Crippen LogP contribution in [0.1, 0.15) is 24.8 Å². The summed E-state index contributed by atoms with van der Waals surface area (Å²) in [6, 6.07) is 9.74. The van der Waals surface area contributed by atoms with Crippen LogP contribution < -0.4 is 0 Å². The topological polar surface area (TPSA) is 37.3 Å². The molecule has 0 bridgehead atoms. The fourth-order valence-electron chi connectivity index (χ4n) is 2.03. The number of aliphatic hydroxyl groups excluding tert-OH is 1. The van der Waals surface area contributed by atoms with Crippen molar-refractivity contribution in [2.45, 2.75) is 19.3 Å². The van der Waals surface area contributed by atoms with E-state index in [-0.39, 0.29) is 12.4 Å². The molecule has 1 aromatic rings. The normalized spacial score (nSPS) is 15.5. The van der Waals surface area contributed by atoms with Gasteiger partial charge in [0.25, 0.3) is 0 Å². The predicted molar refractivity (Wildman–Crippen MR) is 68.4 cm³/mol. The van der Waals surface area contributed by atoms with Crippen molar-refractivity contribution in [3.05, 3.63) is 53.6 Å². The molecule has 1 aromatic carbocycles. The van der Waals surface area contributed by atoms with Crippen molar-refractivity contribution in [3.8, 4) is 0 Å². The van der Waals surface area contributed by atoms with E-state index in [9.17, 15) is 4.79 Å². The van der Waals surface area contributed by atoms with Crippen LogP contribution in [0.25, 0.3) is 5.57 Å². The van der Waals surface area contributed by atoms with Crippen molar-refractivity contribution >= 4 is 11.4 Å². The Morgan fingerprint density at radius 1 is 1.12 bits per heavy atom. The molecule has 1 aliphatic rings. The van der Waals surface area contributed by atoms with Crippen LogP contribution in [0.4, 0.5) is 0 Å². The summed E-state index contributed by atoms with van der Waals surface area (Å²) in [5, 5.41) is 8.81. The molecule has 0 unspecified atom stereocenters. The Labute approximate surface area is 101 Å². The zero-order chi connectivity index (χ0) is 12.1. The number of benzene rings is 1. The number of hydrogen-bond donors (Lipinski definition) is 1. The molecule has 0 atom stereocenters. The predicted octanol–water partition coefficient (Wildman–Crippen LogP) is 2.74. The first-order chi connectivity index (χ1) is 8.33. The monoisotopic (exact) mass is 228 g/mol. The van der Waals surface area contributed by atoms with Crippen molar-refractivity contribution in [3.63, 3.8) is 0 Å². The van der Waals surface area contributed by atoms with Gasteiger partial charge in [0.05, 0.1) is 0 Å². The molecule has 0 fully saturated rings. The second-order valence-electron chi connectivity index (χ2n) is 4.11. The quantitative estimate of drug-likeness (QED) is 0.860. The van der Waals surface area contributed by atoms with Crippen molar-refractivity contribution in [1.29, 1.82) is 0 Å². The third-order valence-electron chi connectivity index (χ3n) is 2.91. The second-order valence-corrected chi connectivity index (χ2v) is 4.11. The lowest BCUT2D eigenvalue weighted by Crippen LogP contribution is -2.09. The Kier molecular flexibility index (Phi) is 3.89. The molecule has 0 saturated heterocycles. The molecule has 2 nitrogen and oxygen atoms in total. The van der Waals surface area contributed by atoms with Gasteiger partial charge in [-0.25, -0.2) is 0 Å². The van der Waals surface area contributed by atoms with Crippen LogP contribution in [0.15, 0.2) is 48.1 Å². The van der Waals surface area contributed by atoms with E-state index in [1.165, 1.54) is 0 Å². The Balaban J connectivity index is 2.16. The molecule has 1 N–H and O–H groups in total. The maximum Gasteiger partial charge on any atom is 0.188 e. The molecule has 0 spiro atoms. The van der Waals surface area contributed by atoms with Crippen LogP contribution >= 0.6 is 0 Å². The molecule has 0 radical (unpaired) electrons. The molecular formula is C15H16O2. The smallest absolute Gasteiger partial charge is 0.188 e. The summed E-state index contributed by atoms with van der Waals surface area (Å²) in [7, 11) is 0. The Morgan fingerprint density at radius 3 is 2.59 bits per heavy atom. The second kappa shape index (κ2) is 5.60. The van der Waals surface area contributed by atoms with Gasteiger partial charge in [-0.3, -0.25) is 4.79 Å². The van der Waals surface area contributed by atoms with Crippen LogP contribution in [-0.4, -0.2) is 17.5 Å². The van der Waals surface area contributed by atoms with Gasteiger partial charge in [-0.1, -0.05) is 42.5 Å². The maximum absolute atomic E-state index is 12.2. The summed E-state index contributed by atoms with van der Waals surface area (Å²) in [6.07, 6.45) is 6.06. The van der Waals surface area contributed by atoms with Crippen LogP contribution in [0.3, 0.4) is 0 Å². The minimum absolute atomic E-state index is 0.107. The van der Waals surface area contributed by atoms with E-state index in [4.69, 9.17) is 5.11 Å². The standard InChI is InChI=1S/C15H16O2/c16-11-5-9-13-8-4-10-14(15(13)17)12-6-2-1-3-7-12/h1-3,6-8,10,16H,4-5,9,11H2. The molecule has 0 aliphatic heterocycles. The molecule has 0 amide bonds. The van der Waals surface area contributed by atoms with Crippen molar-refractivity contribution in [2.75, 3.05) is 6.61 Å². The molecule has 0 aromatic heterocycles. The van der Waals surface area contributed by atoms with Gasteiger partial charge >= 0.3 is 0 Å². The van der Waals surface area contributed by atoms with E-state index in [1.807, 2.05) is 42.5 Å². The molecule has 17 heavy (non-hydrogen) atoms. The van der Waals surface area contributed by atoms with Gasteiger partial charge in [-0.05, 0) is 30.4 Å². The van der Waals surface area contributed by atoms with Gasteiger partial charge in [-0.15, -0.1) is 0 Å². The van der Waals surface area contributed by atoms with Gasteiger partial charge in [0.15, 0.2) is 5.78 Å². The number of carbonyl (C=O) groups is 1. The first kappa shape index (κ1) is 11.8. The number of hydrogen-bond acceptors (Lipinski definition) is 2. The number of allylic oxidation sites excluding steroid dienone is 4. The van der Waals surface area contributed by atoms with E-state index >= 15 is 0 Å². The molecule has 2 rings (SSSR count). The largest absolute Gasteiger partial charge is 0.396 e. The first-order valence-corrected chi connectivity index (χ1v) is 5.93. The lowest BCUT2D eigenvalue weighted by atomic mass is 9.89. The molecule has 0 heterocycles. The summed E-state index contributed by atoms with van der Waals surface area (Å²) in [5.41, 5.74) is 2.61. The number of Topliss-reactive ketones (excluding diaryl/α,β-unsaturated/α-hetero) is 1. The molecule has 2 heteroatoms. The lowest BCUT2D eigenvalue weighted by molar-refractivity contribution is -0.110. The minimum atomic E-state index is 0.107. The zero-order valence-electron chi connectivity index (χ0n) is 9.73. The van der Waals surface area contributed by atoms with Gasteiger partial charge in [0, 0.05) is 12.2 Å². The highest BCUT2D eigenvalue weighted by atomic mass is 16.2. The molecular weight excluding hydrogens is 212 g/mol. The van der Waals surface area contributed by atoms with Crippen molar-refractivity contribution < 1.29 is 9.90 Å². The number of rotatable bonds is 4. The third-order valence-corrected chi connectivity index (χ3v) is 2.91. The first-order valence-electron chi connectivity index (χ1n) is 5.93. The van der Waals surface area contributed by atoms with E-state index in [0.717, 1.165) is 23.1 Å². The highest BCUT2D eigenvalue weighted by molar-refractivity contribution is 6.29. The highest BCUT2D eigenvalue weighted by Gasteiger charge is 2.18. The van der Waals surface area contributed by atoms with E-state index < -0.39 is 0 Å². The van der Waals surface area contributed by atoms with E-state index in [2.05, 4.69) is 0 Å². The van der Waals surface area contributed by atoms with Crippen molar-refractivity contribution in [2.24, 2.45) is 0 Å². The van der Waals surface area contributed by atoms with E-state index in [0.29, 0.717) is 12.8 Å². The molecule has 0 saturated carbocycles. The number of carbonyl (C=O) groups excluding carboxylic acids is 1. The Bertz CT molecular complexity index is 455. The van der Waals surface area contributed by atoms with Crippen LogP contribution in [0, 0.1) is 0 Å². The molecule has 1 aliphatic carbocycles. The summed E-state index contributed by atoms with van der Waals surface area (Å²) in [4.78, 5) is 12.2. The zero-order valence-corrected chi connectivity index (χ0v) is 9.73. The third kappa shape index (κ3) is 2.71. The average molecular weight is 228 g/mol. The van der Waals surface area contributed by atoms with Crippen LogP contribution in [0.2, 0.25) is 0 Å². The Hall–Kier alpha value is -1.67. The lowest BCUT2D eigenvalue weighted by Gasteiger charge is -2.14. The Morgan fingerprint density at radius 2 is 1.88 bits per heavy atom. The SMILES string of the molecule is O=C1C(CCCO)=CCC=C1c1ccccc1. The fraction of sp³-hybridized carbons (Fsp3) is 0.267. The minimum Gasteiger partial charge on any atom is -0.396 e. The van der Waals surface area contributed by atoms with Crippen LogP contribution in [0.5, 0.6) is 0 Å². The molecule has 88 valence electrons. The van der Waals surface area contributed by atoms with Gasteiger partial charge in [0.1, 0.15) is 0 Å². The van der Waals surface area contributed by atoms with Gasteiger partial charge in [0.2, 0.25) is 0 Å². The van der Waals surface area contributed by atoms with Gasteiger partial charge in [-0.2, -0.15) is 0 Å². The van der Waals surface area contributed by atoms with Crippen LogP contribution in [-0.2, 0) is 4.79 Å². The van der Waals surface area contributed by atoms with Gasteiger partial charge < -0.3 is 5.11 Å². The average Bonchev–Trinajstić information content (AvgIpc) is 2.39. The van der Waals surface area contributed by atoms with E-state index in [1.54, 1.807) is 0 Å². The fourth-order valence-corrected chi connectivity index (χ4v) is 2.03. The number of ketones is 1. The summed E-state index contributed by atoms with van der Waals surface area (Å²) in [5.74, 6) is 0.107. The summed E-state index contributed by atoms with van der Waals surface area (Å²) in [6.45, 7) is 0.134. The maximum atomic E-state index is 12.2.